The SMILES string of the molecule is CN=C(NCCOCCS(C)(=O)=O)NC1CCC(C(C)C)CC1. The predicted octanol–water partition coefficient (Wildman–Crippen LogP) is 1.43. The molecule has 136 valence electrons. The van der Waals surface area contributed by atoms with Gasteiger partial charge in [-0.05, 0) is 37.5 Å². The van der Waals surface area contributed by atoms with E-state index in [4.69, 9.17) is 4.74 Å². The number of guanidine groups is 1. The standard InChI is InChI=1S/C16H33N3O3S/c1-13(2)14-5-7-15(8-6-14)19-16(17-3)18-9-10-22-11-12-23(4,20)21/h13-15H,5-12H2,1-4H3,(H2,17,18,19). The van der Waals surface area contributed by atoms with Crippen LogP contribution in [0.15, 0.2) is 4.99 Å². The van der Waals surface area contributed by atoms with Crippen LogP contribution in [0.3, 0.4) is 0 Å². The van der Waals surface area contributed by atoms with Crippen molar-refractivity contribution in [2.45, 2.75) is 45.6 Å². The van der Waals surface area contributed by atoms with E-state index in [0.29, 0.717) is 19.2 Å². The summed E-state index contributed by atoms with van der Waals surface area (Å²) in [4.78, 5) is 4.24. The van der Waals surface area contributed by atoms with E-state index in [9.17, 15) is 8.42 Å². The van der Waals surface area contributed by atoms with Crippen molar-refractivity contribution in [1.82, 2.24) is 10.6 Å². The molecule has 0 aliphatic heterocycles. The van der Waals surface area contributed by atoms with E-state index < -0.39 is 9.84 Å². The van der Waals surface area contributed by atoms with Crippen LogP contribution in [0, 0.1) is 11.8 Å². The summed E-state index contributed by atoms with van der Waals surface area (Å²) >= 11 is 0. The molecule has 1 fully saturated rings. The van der Waals surface area contributed by atoms with E-state index in [0.717, 1.165) is 17.8 Å². The van der Waals surface area contributed by atoms with E-state index >= 15 is 0 Å². The summed E-state index contributed by atoms with van der Waals surface area (Å²) in [5.74, 6) is 2.49. The van der Waals surface area contributed by atoms with Gasteiger partial charge < -0.3 is 15.4 Å². The molecule has 0 radical (unpaired) electrons. The average molecular weight is 348 g/mol. The van der Waals surface area contributed by atoms with Crippen molar-refractivity contribution in [2.24, 2.45) is 16.8 Å². The Kier molecular flexibility index (Phi) is 8.91. The van der Waals surface area contributed by atoms with Gasteiger partial charge in [0.25, 0.3) is 0 Å². The summed E-state index contributed by atoms with van der Waals surface area (Å²) in [6.45, 7) is 5.94. The first-order valence-corrected chi connectivity index (χ1v) is 10.6. The highest BCUT2D eigenvalue weighted by Gasteiger charge is 2.23. The van der Waals surface area contributed by atoms with Gasteiger partial charge in [0.15, 0.2) is 5.96 Å². The number of rotatable bonds is 8. The first-order valence-electron chi connectivity index (χ1n) is 8.54. The van der Waals surface area contributed by atoms with Crippen molar-refractivity contribution in [2.75, 3.05) is 38.8 Å². The molecule has 0 aromatic rings. The number of nitrogens with one attached hydrogen (secondary N) is 2. The second-order valence-electron chi connectivity index (χ2n) is 6.74. The quantitative estimate of drug-likeness (QED) is 0.394. The maximum absolute atomic E-state index is 11.0. The van der Waals surface area contributed by atoms with Crippen LogP contribution in [0.4, 0.5) is 0 Å². The van der Waals surface area contributed by atoms with Gasteiger partial charge in [-0.25, -0.2) is 8.42 Å². The molecule has 0 unspecified atom stereocenters. The fourth-order valence-electron chi connectivity index (χ4n) is 2.87. The maximum atomic E-state index is 11.0. The molecular formula is C16H33N3O3S. The minimum Gasteiger partial charge on any atom is -0.379 e. The molecule has 1 aliphatic rings. The second-order valence-corrected chi connectivity index (χ2v) is 9.00. The lowest BCUT2D eigenvalue weighted by atomic mass is 9.80. The molecule has 2 N–H and O–H groups in total. The first-order chi connectivity index (χ1) is 10.8. The van der Waals surface area contributed by atoms with Crippen molar-refractivity contribution in [3.05, 3.63) is 0 Å². The Morgan fingerprint density at radius 1 is 1.22 bits per heavy atom. The molecule has 0 atom stereocenters. The number of nitrogens with zero attached hydrogens (tertiary/aromatic N) is 1. The molecule has 7 heteroatoms. The highest BCUT2D eigenvalue weighted by Crippen LogP contribution is 2.29. The third kappa shape index (κ3) is 9.15. The smallest absolute Gasteiger partial charge is 0.191 e. The number of aliphatic imine (C=N–C) groups is 1. The molecular weight excluding hydrogens is 314 g/mol. The monoisotopic (exact) mass is 347 g/mol. The predicted molar refractivity (Wildman–Crippen MR) is 95.6 cm³/mol. The van der Waals surface area contributed by atoms with Crippen LogP contribution in [-0.2, 0) is 14.6 Å². The van der Waals surface area contributed by atoms with Crippen molar-refractivity contribution < 1.29 is 13.2 Å². The van der Waals surface area contributed by atoms with Crippen molar-refractivity contribution in [3.8, 4) is 0 Å². The highest BCUT2D eigenvalue weighted by atomic mass is 32.2. The van der Waals surface area contributed by atoms with Gasteiger partial charge in [-0.2, -0.15) is 0 Å². The van der Waals surface area contributed by atoms with E-state index in [-0.39, 0.29) is 12.4 Å². The zero-order chi connectivity index (χ0) is 17.3. The third-order valence-electron chi connectivity index (χ3n) is 4.42. The van der Waals surface area contributed by atoms with Crippen LogP contribution in [0.1, 0.15) is 39.5 Å². The third-order valence-corrected chi connectivity index (χ3v) is 5.32. The number of hydrogen-bond donors (Lipinski definition) is 2. The van der Waals surface area contributed by atoms with Crippen molar-refractivity contribution >= 4 is 15.8 Å². The largest absolute Gasteiger partial charge is 0.379 e. The Hall–Kier alpha value is -0.820. The molecule has 0 spiro atoms. The minimum atomic E-state index is -2.94. The molecule has 0 aromatic heterocycles. The summed E-state index contributed by atoms with van der Waals surface area (Å²) in [6.07, 6.45) is 6.15. The van der Waals surface area contributed by atoms with Gasteiger partial charge in [-0.1, -0.05) is 13.8 Å². The minimum absolute atomic E-state index is 0.0685. The topological polar surface area (TPSA) is 79.8 Å². The zero-order valence-corrected chi connectivity index (χ0v) is 15.8. The molecule has 0 heterocycles. The van der Waals surface area contributed by atoms with Crippen molar-refractivity contribution in [3.63, 3.8) is 0 Å². The van der Waals surface area contributed by atoms with Gasteiger partial charge in [-0.3, -0.25) is 4.99 Å². The van der Waals surface area contributed by atoms with Gasteiger partial charge in [-0.15, -0.1) is 0 Å². The lowest BCUT2D eigenvalue weighted by Gasteiger charge is -2.32. The maximum Gasteiger partial charge on any atom is 0.191 e. The Balaban J connectivity index is 2.16. The molecule has 0 aromatic carbocycles. The summed E-state index contributed by atoms with van der Waals surface area (Å²) < 4.78 is 27.3. The Bertz CT molecular complexity index is 455. The zero-order valence-electron chi connectivity index (χ0n) is 15.0. The normalized spacial score (nSPS) is 23.1. The Labute approximate surface area is 141 Å². The van der Waals surface area contributed by atoms with Gasteiger partial charge >= 0.3 is 0 Å². The van der Waals surface area contributed by atoms with Crippen LogP contribution >= 0.6 is 0 Å². The van der Waals surface area contributed by atoms with E-state index in [1.807, 2.05) is 0 Å². The first kappa shape index (κ1) is 20.2. The number of ether oxygens (including phenoxy) is 1. The second kappa shape index (κ2) is 10.1. The van der Waals surface area contributed by atoms with Crippen LogP contribution in [-0.4, -0.2) is 59.2 Å². The fraction of sp³-hybridized carbons (Fsp3) is 0.938. The Morgan fingerprint density at radius 3 is 2.39 bits per heavy atom. The molecule has 1 rings (SSSR count). The summed E-state index contributed by atoms with van der Waals surface area (Å²) in [7, 11) is -1.18. The molecule has 1 saturated carbocycles. The van der Waals surface area contributed by atoms with Crippen molar-refractivity contribution in [1.29, 1.82) is 0 Å². The molecule has 1 aliphatic carbocycles. The fourth-order valence-corrected chi connectivity index (χ4v) is 3.29. The number of sulfone groups is 1. The molecule has 0 amide bonds. The van der Waals surface area contributed by atoms with Gasteiger partial charge in [0, 0.05) is 25.9 Å². The van der Waals surface area contributed by atoms with E-state index in [1.54, 1.807) is 7.05 Å². The van der Waals surface area contributed by atoms with E-state index in [2.05, 4.69) is 29.5 Å². The van der Waals surface area contributed by atoms with E-state index in [1.165, 1.54) is 31.9 Å². The van der Waals surface area contributed by atoms with Crippen LogP contribution in [0.25, 0.3) is 0 Å². The Morgan fingerprint density at radius 2 is 1.87 bits per heavy atom. The summed E-state index contributed by atoms with van der Waals surface area (Å²) in [5, 5.41) is 6.68. The van der Waals surface area contributed by atoms with Gasteiger partial charge in [0.2, 0.25) is 0 Å². The summed E-state index contributed by atoms with van der Waals surface area (Å²) in [5.41, 5.74) is 0. The lowest BCUT2D eigenvalue weighted by molar-refractivity contribution is 0.153. The molecule has 0 bridgehead atoms. The average Bonchev–Trinajstić information content (AvgIpc) is 2.48. The molecule has 6 nitrogen and oxygen atoms in total. The number of hydrogen-bond acceptors (Lipinski definition) is 4. The summed E-state index contributed by atoms with van der Waals surface area (Å²) in [6, 6.07) is 0.488. The van der Waals surface area contributed by atoms with Crippen LogP contribution in [0.5, 0.6) is 0 Å². The van der Waals surface area contributed by atoms with Gasteiger partial charge in [0.05, 0.1) is 19.0 Å². The lowest BCUT2D eigenvalue weighted by Crippen LogP contribution is -2.46. The van der Waals surface area contributed by atoms with Gasteiger partial charge in [0.1, 0.15) is 9.84 Å². The van der Waals surface area contributed by atoms with Crippen LogP contribution < -0.4 is 10.6 Å². The molecule has 23 heavy (non-hydrogen) atoms. The highest BCUT2D eigenvalue weighted by molar-refractivity contribution is 7.90. The molecule has 0 saturated heterocycles. The van der Waals surface area contributed by atoms with Crippen LogP contribution in [0.2, 0.25) is 0 Å².